The molecule has 0 heterocycles. The van der Waals surface area contributed by atoms with Gasteiger partial charge in [-0.25, -0.2) is 0 Å². The summed E-state index contributed by atoms with van der Waals surface area (Å²) in [5.74, 6) is 0.429. The minimum absolute atomic E-state index is 0.00910. The summed E-state index contributed by atoms with van der Waals surface area (Å²) in [6.07, 6.45) is 0. The fourth-order valence-corrected chi connectivity index (χ4v) is 2.52. The predicted octanol–water partition coefficient (Wildman–Crippen LogP) is 4.51. The van der Waals surface area contributed by atoms with Crippen LogP contribution in [0.3, 0.4) is 0 Å². The number of rotatable bonds is 6. The highest BCUT2D eigenvalue weighted by Crippen LogP contribution is 2.25. The second kappa shape index (κ2) is 7.59. The maximum Gasteiger partial charge on any atom is 0.188 e. The van der Waals surface area contributed by atoms with Gasteiger partial charge >= 0.3 is 0 Å². The van der Waals surface area contributed by atoms with Crippen LogP contribution in [0, 0.1) is 0 Å². The van der Waals surface area contributed by atoms with Gasteiger partial charge in [-0.05, 0) is 35.9 Å². The van der Waals surface area contributed by atoms with E-state index in [4.69, 9.17) is 21.1 Å². The number of ketones is 1. The van der Waals surface area contributed by atoms with Crippen LogP contribution in [0.25, 0.3) is 0 Å². The molecule has 110 valence electrons. The Labute approximate surface area is 137 Å². The van der Waals surface area contributed by atoms with Gasteiger partial charge in [0.05, 0.1) is 18.7 Å². The Balaban J connectivity index is 1.91. The molecule has 0 aliphatic carbocycles. The zero-order valence-electron chi connectivity index (χ0n) is 11.4. The van der Waals surface area contributed by atoms with Gasteiger partial charge in [-0.2, -0.15) is 0 Å². The van der Waals surface area contributed by atoms with Gasteiger partial charge in [0.1, 0.15) is 12.4 Å². The maximum atomic E-state index is 12.0. The third kappa shape index (κ3) is 4.56. The quantitative estimate of drug-likeness (QED) is 0.703. The Morgan fingerprint density at radius 2 is 2.05 bits per heavy atom. The number of methoxy groups -OCH3 is 1. The largest absolute Gasteiger partial charge is 0.495 e. The number of halogens is 2. The monoisotopic (exact) mass is 368 g/mol. The zero-order chi connectivity index (χ0) is 15.2. The van der Waals surface area contributed by atoms with Gasteiger partial charge in [0.2, 0.25) is 0 Å². The van der Waals surface area contributed by atoms with E-state index in [2.05, 4.69) is 15.9 Å². The Morgan fingerprint density at radius 1 is 1.24 bits per heavy atom. The molecule has 0 atom stereocenters. The fourth-order valence-electron chi connectivity index (χ4n) is 1.81. The van der Waals surface area contributed by atoms with E-state index in [1.807, 2.05) is 24.3 Å². The van der Waals surface area contributed by atoms with E-state index in [0.717, 1.165) is 10.0 Å². The van der Waals surface area contributed by atoms with Crippen molar-refractivity contribution in [1.82, 2.24) is 0 Å². The number of carbonyl (C=O) groups is 1. The summed E-state index contributed by atoms with van der Waals surface area (Å²) in [7, 11) is 1.53. The van der Waals surface area contributed by atoms with Crippen LogP contribution in [-0.2, 0) is 11.3 Å². The van der Waals surface area contributed by atoms with Crippen molar-refractivity contribution in [3.8, 4) is 5.75 Å². The summed E-state index contributed by atoms with van der Waals surface area (Å²) >= 11 is 9.39. The summed E-state index contributed by atoms with van der Waals surface area (Å²) in [6, 6.07) is 12.7. The molecular formula is C16H14BrClO3. The Kier molecular flexibility index (Phi) is 5.79. The SMILES string of the molecule is COc1ccc(C(=O)COCc2cccc(Br)c2)cc1Cl. The van der Waals surface area contributed by atoms with Gasteiger partial charge in [0.25, 0.3) is 0 Å². The Morgan fingerprint density at radius 3 is 2.71 bits per heavy atom. The van der Waals surface area contributed by atoms with Gasteiger partial charge in [0, 0.05) is 10.0 Å². The molecule has 0 bridgehead atoms. The van der Waals surface area contributed by atoms with Crippen molar-refractivity contribution in [2.45, 2.75) is 6.61 Å². The van der Waals surface area contributed by atoms with Crippen LogP contribution < -0.4 is 4.74 Å². The number of ether oxygens (including phenoxy) is 2. The van der Waals surface area contributed by atoms with E-state index in [-0.39, 0.29) is 12.4 Å². The first kappa shape index (κ1) is 16.0. The fraction of sp³-hybridized carbons (Fsp3) is 0.188. The molecule has 0 aromatic heterocycles. The molecule has 0 aliphatic rings. The summed E-state index contributed by atoms with van der Waals surface area (Å²) < 4.78 is 11.5. The minimum Gasteiger partial charge on any atom is -0.495 e. The summed E-state index contributed by atoms with van der Waals surface area (Å²) in [6.45, 7) is 0.393. The lowest BCUT2D eigenvalue weighted by Gasteiger charge is -2.07. The van der Waals surface area contributed by atoms with Gasteiger partial charge in [-0.1, -0.05) is 39.7 Å². The van der Waals surface area contributed by atoms with E-state index in [9.17, 15) is 4.79 Å². The molecule has 3 nitrogen and oxygen atoms in total. The average Bonchev–Trinajstić information content (AvgIpc) is 2.47. The van der Waals surface area contributed by atoms with Gasteiger partial charge in [-0.15, -0.1) is 0 Å². The van der Waals surface area contributed by atoms with Crippen LogP contribution in [0.15, 0.2) is 46.9 Å². The van der Waals surface area contributed by atoms with Crippen molar-refractivity contribution in [2.24, 2.45) is 0 Å². The van der Waals surface area contributed by atoms with Crippen LogP contribution in [0.1, 0.15) is 15.9 Å². The molecule has 0 fully saturated rings. The second-order valence-electron chi connectivity index (χ2n) is 4.40. The van der Waals surface area contributed by atoms with Crippen molar-refractivity contribution >= 4 is 33.3 Å². The number of benzene rings is 2. The number of hydrogen-bond donors (Lipinski definition) is 0. The van der Waals surface area contributed by atoms with Crippen LogP contribution in [0.2, 0.25) is 5.02 Å². The lowest BCUT2D eigenvalue weighted by Crippen LogP contribution is -2.09. The number of Topliss-reactive ketones (excluding diaryl/α,β-unsaturated/α-hetero) is 1. The van der Waals surface area contributed by atoms with Crippen molar-refractivity contribution < 1.29 is 14.3 Å². The van der Waals surface area contributed by atoms with Crippen molar-refractivity contribution in [2.75, 3.05) is 13.7 Å². The first-order chi connectivity index (χ1) is 10.1. The van der Waals surface area contributed by atoms with Crippen molar-refractivity contribution in [3.05, 3.63) is 63.1 Å². The molecule has 0 saturated carbocycles. The molecule has 2 rings (SSSR count). The highest BCUT2D eigenvalue weighted by molar-refractivity contribution is 9.10. The standard InChI is InChI=1S/C16H14BrClO3/c1-20-16-6-5-12(8-14(16)18)15(19)10-21-9-11-3-2-4-13(17)7-11/h2-8H,9-10H2,1H3. The molecule has 5 heteroatoms. The third-order valence-electron chi connectivity index (χ3n) is 2.86. The molecule has 2 aromatic rings. The van der Waals surface area contributed by atoms with Gasteiger partial charge < -0.3 is 9.47 Å². The van der Waals surface area contributed by atoms with Crippen LogP contribution in [0.4, 0.5) is 0 Å². The van der Waals surface area contributed by atoms with E-state index < -0.39 is 0 Å². The molecule has 0 N–H and O–H groups in total. The lowest BCUT2D eigenvalue weighted by atomic mass is 10.1. The molecule has 0 aliphatic heterocycles. The average molecular weight is 370 g/mol. The Bertz CT molecular complexity index is 643. The van der Waals surface area contributed by atoms with Crippen molar-refractivity contribution in [3.63, 3.8) is 0 Å². The summed E-state index contributed by atoms with van der Waals surface area (Å²) in [4.78, 5) is 12.0. The predicted molar refractivity (Wildman–Crippen MR) is 86.1 cm³/mol. The number of carbonyl (C=O) groups excluding carboxylic acids is 1. The topological polar surface area (TPSA) is 35.5 Å². The van der Waals surface area contributed by atoms with E-state index in [1.54, 1.807) is 18.2 Å². The molecule has 0 saturated heterocycles. The van der Waals surface area contributed by atoms with Crippen molar-refractivity contribution in [1.29, 1.82) is 0 Å². The zero-order valence-corrected chi connectivity index (χ0v) is 13.8. The highest BCUT2D eigenvalue weighted by Gasteiger charge is 2.09. The molecule has 21 heavy (non-hydrogen) atoms. The first-order valence-electron chi connectivity index (χ1n) is 6.29. The van der Waals surface area contributed by atoms with E-state index in [0.29, 0.717) is 22.9 Å². The normalized spacial score (nSPS) is 10.4. The molecule has 0 amide bonds. The smallest absolute Gasteiger partial charge is 0.188 e. The summed E-state index contributed by atoms with van der Waals surface area (Å²) in [5, 5.41) is 0.412. The first-order valence-corrected chi connectivity index (χ1v) is 7.46. The molecule has 2 aromatic carbocycles. The highest BCUT2D eigenvalue weighted by atomic mass is 79.9. The number of hydrogen-bond acceptors (Lipinski definition) is 3. The van der Waals surface area contributed by atoms with Crippen LogP contribution >= 0.6 is 27.5 Å². The molecular weight excluding hydrogens is 356 g/mol. The Hall–Kier alpha value is -1.36. The molecule has 0 radical (unpaired) electrons. The molecule has 0 spiro atoms. The van der Waals surface area contributed by atoms with Gasteiger partial charge in [0.15, 0.2) is 5.78 Å². The lowest BCUT2D eigenvalue weighted by molar-refractivity contribution is 0.0726. The second-order valence-corrected chi connectivity index (χ2v) is 5.72. The minimum atomic E-state index is -0.116. The maximum absolute atomic E-state index is 12.0. The van der Waals surface area contributed by atoms with E-state index >= 15 is 0 Å². The summed E-state index contributed by atoms with van der Waals surface area (Å²) in [5.41, 5.74) is 1.51. The molecule has 0 unspecified atom stereocenters. The van der Waals surface area contributed by atoms with Crippen LogP contribution in [-0.4, -0.2) is 19.5 Å². The van der Waals surface area contributed by atoms with E-state index in [1.165, 1.54) is 7.11 Å². The van der Waals surface area contributed by atoms with Crippen LogP contribution in [0.5, 0.6) is 5.75 Å². The van der Waals surface area contributed by atoms with Gasteiger partial charge in [-0.3, -0.25) is 4.79 Å². The third-order valence-corrected chi connectivity index (χ3v) is 3.65.